The van der Waals surface area contributed by atoms with Crippen LogP contribution in [0.5, 0.6) is 0 Å². The first-order chi connectivity index (χ1) is 5.56. The quantitative estimate of drug-likeness (QED) is 0.484. The molecule has 0 heterocycles. The SMILES string of the molecule is Nc1cccc(S(=O)(=O)NI)c1. The first-order valence-electron chi connectivity index (χ1n) is 3.04. The van der Waals surface area contributed by atoms with Crippen LogP contribution in [0.25, 0.3) is 0 Å². The normalized spacial score (nSPS) is 11.4. The van der Waals surface area contributed by atoms with Crippen molar-refractivity contribution >= 4 is 38.6 Å². The van der Waals surface area contributed by atoms with Gasteiger partial charge < -0.3 is 5.73 Å². The molecule has 0 bridgehead atoms. The second-order valence-corrected chi connectivity index (χ2v) is 5.11. The van der Waals surface area contributed by atoms with Crippen LogP contribution in [0.2, 0.25) is 0 Å². The molecule has 0 unspecified atom stereocenters. The highest BCUT2D eigenvalue weighted by Crippen LogP contribution is 2.12. The summed E-state index contributed by atoms with van der Waals surface area (Å²) in [5.74, 6) is 0. The third-order valence-electron chi connectivity index (χ3n) is 1.27. The van der Waals surface area contributed by atoms with Crippen LogP contribution >= 0.6 is 22.9 Å². The van der Waals surface area contributed by atoms with Crippen LogP contribution in [0.4, 0.5) is 5.69 Å². The largest absolute Gasteiger partial charge is 0.399 e. The third-order valence-corrected chi connectivity index (χ3v) is 4.09. The average Bonchev–Trinajstić information content (AvgIpc) is 2.05. The number of nitrogens with two attached hydrogens (primary N) is 1. The molecule has 0 spiro atoms. The van der Waals surface area contributed by atoms with E-state index >= 15 is 0 Å². The fourth-order valence-corrected chi connectivity index (χ4v) is 2.13. The van der Waals surface area contributed by atoms with Crippen LogP contribution in [0.1, 0.15) is 0 Å². The van der Waals surface area contributed by atoms with Gasteiger partial charge in [0.1, 0.15) is 0 Å². The van der Waals surface area contributed by atoms with Gasteiger partial charge in [0, 0.05) is 28.6 Å². The Kier molecular flexibility index (Phi) is 2.91. The molecule has 1 aromatic rings. The van der Waals surface area contributed by atoms with Crippen LogP contribution in [0, 0.1) is 0 Å². The molecule has 3 N–H and O–H groups in total. The standard InChI is InChI=1S/C6H7IN2O2S/c7-9-12(10,11)6-3-1-2-5(8)4-6/h1-4,9H,8H2. The van der Waals surface area contributed by atoms with Crippen molar-refractivity contribution in [3.63, 3.8) is 0 Å². The molecule has 0 aromatic heterocycles. The van der Waals surface area contributed by atoms with Crippen LogP contribution in [-0.4, -0.2) is 8.42 Å². The number of halogens is 1. The molecule has 0 saturated carbocycles. The fraction of sp³-hybridized carbons (Fsp3) is 0. The Labute approximate surface area is 84.7 Å². The third kappa shape index (κ3) is 2.08. The highest BCUT2D eigenvalue weighted by Gasteiger charge is 2.10. The maximum absolute atomic E-state index is 11.2. The van der Waals surface area contributed by atoms with E-state index in [9.17, 15) is 8.42 Å². The molecule has 6 heteroatoms. The zero-order chi connectivity index (χ0) is 9.19. The van der Waals surface area contributed by atoms with Crippen molar-refractivity contribution in [3.05, 3.63) is 24.3 Å². The Bertz CT molecular complexity index is 377. The molecule has 0 amide bonds. The number of benzene rings is 1. The second-order valence-electron chi connectivity index (χ2n) is 2.15. The summed E-state index contributed by atoms with van der Waals surface area (Å²) in [7, 11) is -3.36. The van der Waals surface area contributed by atoms with Gasteiger partial charge in [-0.1, -0.05) is 6.07 Å². The van der Waals surface area contributed by atoms with Crippen molar-refractivity contribution < 1.29 is 8.42 Å². The lowest BCUT2D eigenvalue weighted by Crippen LogP contribution is -2.12. The maximum Gasteiger partial charge on any atom is 0.249 e. The summed E-state index contributed by atoms with van der Waals surface area (Å²) in [4.78, 5) is 0.178. The van der Waals surface area contributed by atoms with E-state index in [1.807, 2.05) is 0 Å². The molecule has 4 nitrogen and oxygen atoms in total. The molecule has 0 fully saturated rings. The molecular formula is C6H7IN2O2S. The van der Waals surface area contributed by atoms with E-state index in [0.29, 0.717) is 5.69 Å². The lowest BCUT2D eigenvalue weighted by Gasteiger charge is -2.00. The van der Waals surface area contributed by atoms with Gasteiger partial charge in [0.15, 0.2) is 0 Å². The second kappa shape index (κ2) is 3.58. The topological polar surface area (TPSA) is 72.2 Å². The number of hydrogen-bond acceptors (Lipinski definition) is 3. The lowest BCUT2D eigenvalue weighted by molar-refractivity contribution is 0.596. The molecule has 0 saturated heterocycles. The first-order valence-corrected chi connectivity index (χ1v) is 5.60. The molecule has 1 aromatic carbocycles. The highest BCUT2D eigenvalue weighted by atomic mass is 127. The Morgan fingerprint density at radius 1 is 1.42 bits per heavy atom. The van der Waals surface area contributed by atoms with Gasteiger partial charge in [-0.05, 0) is 18.2 Å². The van der Waals surface area contributed by atoms with Gasteiger partial charge in [-0.3, -0.25) is 0 Å². The van der Waals surface area contributed by atoms with E-state index in [2.05, 4.69) is 2.94 Å². The molecule has 0 atom stereocenters. The molecule has 66 valence electrons. The van der Waals surface area contributed by atoms with Gasteiger partial charge in [0.25, 0.3) is 0 Å². The number of hydrogen-bond donors (Lipinski definition) is 2. The summed E-state index contributed by atoms with van der Waals surface area (Å²) in [6, 6.07) is 6.11. The Morgan fingerprint density at radius 3 is 2.58 bits per heavy atom. The Morgan fingerprint density at radius 2 is 2.08 bits per heavy atom. The van der Waals surface area contributed by atoms with E-state index < -0.39 is 10.0 Å². The lowest BCUT2D eigenvalue weighted by atomic mass is 10.3. The van der Waals surface area contributed by atoms with Gasteiger partial charge in [0.05, 0.1) is 4.90 Å². The zero-order valence-corrected chi connectivity index (χ0v) is 8.96. The zero-order valence-electron chi connectivity index (χ0n) is 5.99. The number of anilines is 1. The fourth-order valence-electron chi connectivity index (χ4n) is 0.726. The van der Waals surface area contributed by atoms with E-state index in [-0.39, 0.29) is 4.90 Å². The predicted octanol–water partition coefficient (Wildman–Crippen LogP) is 0.897. The van der Waals surface area contributed by atoms with Crippen molar-refractivity contribution in [1.29, 1.82) is 0 Å². The minimum atomic E-state index is -3.36. The summed E-state index contributed by atoms with van der Waals surface area (Å²) in [6.07, 6.45) is 0. The van der Waals surface area contributed by atoms with E-state index in [1.54, 1.807) is 35.0 Å². The number of nitrogens with one attached hydrogen (secondary N) is 1. The van der Waals surface area contributed by atoms with Crippen molar-refractivity contribution in [3.8, 4) is 0 Å². The monoisotopic (exact) mass is 298 g/mol. The minimum Gasteiger partial charge on any atom is -0.399 e. The number of rotatable bonds is 2. The van der Waals surface area contributed by atoms with Crippen molar-refractivity contribution in [1.82, 2.24) is 2.94 Å². The summed E-state index contributed by atoms with van der Waals surface area (Å²) >= 11 is 1.57. The van der Waals surface area contributed by atoms with Crippen molar-refractivity contribution in [2.75, 3.05) is 5.73 Å². The molecule has 0 aliphatic rings. The van der Waals surface area contributed by atoms with Gasteiger partial charge in [-0.25, -0.2) is 8.42 Å². The maximum atomic E-state index is 11.2. The molecule has 12 heavy (non-hydrogen) atoms. The van der Waals surface area contributed by atoms with Crippen LogP contribution in [0.15, 0.2) is 29.2 Å². The van der Waals surface area contributed by atoms with E-state index in [0.717, 1.165) is 0 Å². The van der Waals surface area contributed by atoms with E-state index in [4.69, 9.17) is 5.73 Å². The molecule has 0 aliphatic carbocycles. The van der Waals surface area contributed by atoms with Gasteiger partial charge >= 0.3 is 0 Å². The summed E-state index contributed by atoms with van der Waals surface area (Å²) < 4.78 is 24.5. The van der Waals surface area contributed by atoms with Crippen LogP contribution in [-0.2, 0) is 10.0 Å². The molecule has 0 aliphatic heterocycles. The first kappa shape index (κ1) is 9.75. The number of nitrogen functional groups attached to an aromatic ring is 1. The van der Waals surface area contributed by atoms with Crippen LogP contribution < -0.4 is 8.67 Å². The predicted molar refractivity (Wildman–Crippen MR) is 55.2 cm³/mol. The summed E-state index contributed by atoms with van der Waals surface area (Å²) in [5, 5.41) is 0. The average molecular weight is 298 g/mol. The molecule has 1 rings (SSSR count). The van der Waals surface area contributed by atoms with Crippen LogP contribution in [0.3, 0.4) is 0 Å². The highest BCUT2D eigenvalue weighted by molar-refractivity contribution is 14.1. The summed E-state index contributed by atoms with van der Waals surface area (Å²) in [5.41, 5.74) is 5.85. The van der Waals surface area contributed by atoms with E-state index in [1.165, 1.54) is 12.1 Å². The molecular weight excluding hydrogens is 291 g/mol. The smallest absolute Gasteiger partial charge is 0.249 e. The van der Waals surface area contributed by atoms with Gasteiger partial charge in [0.2, 0.25) is 10.0 Å². The van der Waals surface area contributed by atoms with Gasteiger partial charge in [-0.15, -0.1) is 0 Å². The van der Waals surface area contributed by atoms with Gasteiger partial charge in [-0.2, -0.15) is 2.94 Å². The minimum absolute atomic E-state index is 0.178. The Balaban J connectivity index is 3.21. The molecule has 0 radical (unpaired) electrons. The summed E-state index contributed by atoms with van der Waals surface area (Å²) in [6.45, 7) is 0. The van der Waals surface area contributed by atoms with Crippen molar-refractivity contribution in [2.24, 2.45) is 0 Å². The Hall–Kier alpha value is -0.340. The van der Waals surface area contributed by atoms with Crippen molar-refractivity contribution in [2.45, 2.75) is 4.90 Å². The number of sulfonamides is 1.